The largest absolute Gasteiger partial charge is 0.332 e. The zero-order valence-electron chi connectivity index (χ0n) is 12.0. The van der Waals surface area contributed by atoms with Crippen molar-refractivity contribution in [1.29, 1.82) is 5.26 Å². The van der Waals surface area contributed by atoms with Crippen molar-refractivity contribution in [3.05, 3.63) is 17.7 Å². The van der Waals surface area contributed by atoms with Crippen LogP contribution in [0.2, 0.25) is 0 Å². The van der Waals surface area contributed by atoms with Crippen LogP contribution in [0.1, 0.15) is 43.1 Å². The van der Waals surface area contributed by atoms with Crippen LogP contribution in [0, 0.1) is 11.3 Å². The predicted molar refractivity (Wildman–Crippen MR) is 77.5 cm³/mol. The Labute approximate surface area is 120 Å². The van der Waals surface area contributed by atoms with Crippen molar-refractivity contribution >= 4 is 0 Å². The number of imidazole rings is 1. The third kappa shape index (κ3) is 3.02. The van der Waals surface area contributed by atoms with Gasteiger partial charge in [0.2, 0.25) is 0 Å². The molecule has 108 valence electrons. The molecule has 0 atom stereocenters. The standard InChI is InChI=1S/C15H23N5/c16-11-14-12-20(10-9-19-7-1-2-8-19)15(18-14)13-3-5-17-6-4-13/h12-13,17H,1-10H2. The average molecular weight is 273 g/mol. The molecule has 0 saturated carbocycles. The quantitative estimate of drug-likeness (QED) is 0.899. The van der Waals surface area contributed by atoms with E-state index < -0.39 is 0 Å². The number of likely N-dealkylation sites (tertiary alicyclic amines) is 1. The SMILES string of the molecule is N#Cc1cn(CCN2CCCC2)c(C2CCNCC2)n1. The summed E-state index contributed by atoms with van der Waals surface area (Å²) < 4.78 is 2.23. The minimum atomic E-state index is 0.511. The lowest BCUT2D eigenvalue weighted by Gasteiger charge is -2.23. The van der Waals surface area contributed by atoms with Gasteiger partial charge in [-0.2, -0.15) is 5.26 Å². The Morgan fingerprint density at radius 2 is 2.00 bits per heavy atom. The first-order valence-corrected chi connectivity index (χ1v) is 7.77. The third-order valence-electron chi connectivity index (χ3n) is 4.48. The van der Waals surface area contributed by atoms with Crippen LogP contribution in [-0.2, 0) is 6.54 Å². The molecule has 1 N–H and O–H groups in total. The smallest absolute Gasteiger partial charge is 0.158 e. The Bertz CT molecular complexity index is 475. The molecule has 0 amide bonds. The lowest BCUT2D eigenvalue weighted by Crippen LogP contribution is -2.29. The summed E-state index contributed by atoms with van der Waals surface area (Å²) in [5.41, 5.74) is 0.569. The molecule has 3 heterocycles. The Balaban J connectivity index is 1.70. The number of aromatic nitrogens is 2. The average Bonchev–Trinajstić information content (AvgIpc) is 3.15. The van der Waals surface area contributed by atoms with Crippen LogP contribution in [0.15, 0.2) is 6.20 Å². The van der Waals surface area contributed by atoms with Gasteiger partial charge in [0.05, 0.1) is 0 Å². The lowest BCUT2D eigenvalue weighted by molar-refractivity contribution is 0.316. The summed E-state index contributed by atoms with van der Waals surface area (Å²) in [7, 11) is 0. The van der Waals surface area contributed by atoms with Crippen LogP contribution in [0.4, 0.5) is 0 Å². The zero-order valence-corrected chi connectivity index (χ0v) is 12.0. The van der Waals surface area contributed by atoms with Gasteiger partial charge in [-0.1, -0.05) is 0 Å². The number of piperidine rings is 1. The molecule has 0 bridgehead atoms. The van der Waals surface area contributed by atoms with E-state index in [2.05, 4.69) is 25.8 Å². The highest BCUT2D eigenvalue weighted by Crippen LogP contribution is 2.24. The molecule has 1 aromatic rings. The highest BCUT2D eigenvalue weighted by Gasteiger charge is 2.21. The molecule has 1 aromatic heterocycles. The van der Waals surface area contributed by atoms with Crippen molar-refractivity contribution in [2.45, 2.75) is 38.1 Å². The highest BCUT2D eigenvalue weighted by atomic mass is 15.2. The van der Waals surface area contributed by atoms with E-state index in [0.717, 1.165) is 44.8 Å². The molecule has 0 spiro atoms. The minimum absolute atomic E-state index is 0.511. The summed E-state index contributed by atoms with van der Waals surface area (Å²) in [6.07, 6.45) is 6.85. The fraction of sp³-hybridized carbons (Fsp3) is 0.733. The summed E-state index contributed by atoms with van der Waals surface area (Å²) in [6.45, 7) is 6.62. The van der Waals surface area contributed by atoms with Crippen molar-refractivity contribution in [1.82, 2.24) is 19.8 Å². The Hall–Kier alpha value is -1.38. The summed E-state index contributed by atoms with van der Waals surface area (Å²) >= 11 is 0. The Morgan fingerprint density at radius 3 is 2.70 bits per heavy atom. The molecule has 0 unspecified atom stereocenters. The molecule has 5 nitrogen and oxygen atoms in total. The number of nitriles is 1. The molecule has 0 aromatic carbocycles. The topological polar surface area (TPSA) is 56.9 Å². The molecule has 2 aliphatic rings. The first kappa shape index (κ1) is 13.6. The molecule has 0 radical (unpaired) electrons. The predicted octanol–water partition coefficient (Wildman–Crippen LogP) is 1.32. The first-order chi connectivity index (χ1) is 9.86. The zero-order chi connectivity index (χ0) is 13.8. The molecule has 20 heavy (non-hydrogen) atoms. The maximum absolute atomic E-state index is 9.10. The Kier molecular flexibility index (Phi) is 4.34. The second kappa shape index (κ2) is 6.38. The molecular formula is C15H23N5. The number of nitrogens with one attached hydrogen (secondary N) is 1. The van der Waals surface area contributed by atoms with Crippen molar-refractivity contribution in [2.75, 3.05) is 32.7 Å². The fourth-order valence-corrected chi connectivity index (χ4v) is 3.32. The third-order valence-corrected chi connectivity index (χ3v) is 4.48. The summed E-state index contributed by atoms with van der Waals surface area (Å²) in [5.74, 6) is 1.64. The molecule has 2 saturated heterocycles. The number of rotatable bonds is 4. The van der Waals surface area contributed by atoms with Crippen molar-refractivity contribution in [3.8, 4) is 6.07 Å². The van der Waals surface area contributed by atoms with Gasteiger partial charge in [-0.3, -0.25) is 0 Å². The van der Waals surface area contributed by atoms with Crippen molar-refractivity contribution in [2.24, 2.45) is 0 Å². The highest BCUT2D eigenvalue weighted by molar-refractivity contribution is 5.21. The minimum Gasteiger partial charge on any atom is -0.332 e. The normalized spacial score (nSPS) is 21.1. The monoisotopic (exact) mass is 273 g/mol. The fourth-order valence-electron chi connectivity index (χ4n) is 3.32. The second-order valence-corrected chi connectivity index (χ2v) is 5.86. The van der Waals surface area contributed by atoms with E-state index in [1.54, 1.807) is 0 Å². The van der Waals surface area contributed by atoms with Gasteiger partial charge in [-0.25, -0.2) is 4.98 Å². The van der Waals surface area contributed by atoms with Gasteiger partial charge in [-0.15, -0.1) is 0 Å². The van der Waals surface area contributed by atoms with Crippen LogP contribution >= 0.6 is 0 Å². The molecule has 3 rings (SSSR count). The van der Waals surface area contributed by atoms with E-state index in [1.165, 1.54) is 25.9 Å². The van der Waals surface area contributed by atoms with Crippen molar-refractivity contribution in [3.63, 3.8) is 0 Å². The van der Waals surface area contributed by atoms with E-state index in [0.29, 0.717) is 11.6 Å². The van der Waals surface area contributed by atoms with Crippen LogP contribution < -0.4 is 5.32 Å². The van der Waals surface area contributed by atoms with Gasteiger partial charge >= 0.3 is 0 Å². The summed E-state index contributed by atoms with van der Waals surface area (Å²) in [6, 6.07) is 2.19. The van der Waals surface area contributed by atoms with Gasteiger partial charge in [0.25, 0.3) is 0 Å². The van der Waals surface area contributed by atoms with E-state index in [-0.39, 0.29) is 0 Å². The van der Waals surface area contributed by atoms with Crippen LogP contribution in [0.3, 0.4) is 0 Å². The number of hydrogen-bond donors (Lipinski definition) is 1. The van der Waals surface area contributed by atoms with Gasteiger partial charge in [0, 0.05) is 25.2 Å². The Morgan fingerprint density at radius 1 is 1.25 bits per heavy atom. The molecule has 2 fully saturated rings. The summed E-state index contributed by atoms with van der Waals surface area (Å²) in [5, 5.41) is 12.5. The molecular weight excluding hydrogens is 250 g/mol. The van der Waals surface area contributed by atoms with Gasteiger partial charge in [0.1, 0.15) is 11.9 Å². The number of nitrogens with zero attached hydrogens (tertiary/aromatic N) is 4. The van der Waals surface area contributed by atoms with Gasteiger partial charge in [0.15, 0.2) is 5.69 Å². The van der Waals surface area contributed by atoms with Gasteiger partial charge in [-0.05, 0) is 51.9 Å². The lowest BCUT2D eigenvalue weighted by atomic mass is 9.97. The molecule has 0 aliphatic carbocycles. The van der Waals surface area contributed by atoms with Gasteiger partial charge < -0.3 is 14.8 Å². The molecule has 2 aliphatic heterocycles. The van der Waals surface area contributed by atoms with E-state index in [4.69, 9.17) is 5.26 Å². The van der Waals surface area contributed by atoms with Crippen LogP contribution in [-0.4, -0.2) is 47.2 Å². The maximum atomic E-state index is 9.10. The first-order valence-electron chi connectivity index (χ1n) is 7.77. The second-order valence-electron chi connectivity index (χ2n) is 5.86. The van der Waals surface area contributed by atoms with Crippen LogP contribution in [0.5, 0.6) is 0 Å². The van der Waals surface area contributed by atoms with E-state index in [9.17, 15) is 0 Å². The van der Waals surface area contributed by atoms with Crippen LogP contribution in [0.25, 0.3) is 0 Å². The number of hydrogen-bond acceptors (Lipinski definition) is 4. The van der Waals surface area contributed by atoms with E-state index in [1.807, 2.05) is 6.20 Å². The molecule has 5 heteroatoms. The van der Waals surface area contributed by atoms with Crippen molar-refractivity contribution < 1.29 is 0 Å². The maximum Gasteiger partial charge on any atom is 0.158 e. The summed E-state index contributed by atoms with van der Waals surface area (Å²) in [4.78, 5) is 7.07. The van der Waals surface area contributed by atoms with E-state index >= 15 is 0 Å².